The number of benzene rings is 1. The Morgan fingerprint density at radius 1 is 1.23 bits per heavy atom. The normalized spacial score (nSPS) is 13.6. The first-order valence-corrected chi connectivity index (χ1v) is 9.41. The van der Waals surface area contributed by atoms with E-state index in [1.54, 1.807) is 6.20 Å². The topological polar surface area (TPSA) is 60.5 Å². The van der Waals surface area contributed by atoms with Gasteiger partial charge in [-0.25, -0.2) is 0 Å². The lowest BCUT2D eigenvalue weighted by molar-refractivity contribution is -0.140. The maximum absolute atomic E-state index is 12.9. The highest BCUT2D eigenvalue weighted by Gasteiger charge is 2.33. The summed E-state index contributed by atoms with van der Waals surface area (Å²) in [5.74, 6) is 0.586. The minimum atomic E-state index is -0.841. The van der Waals surface area contributed by atoms with Crippen molar-refractivity contribution >= 4 is 22.5 Å². The van der Waals surface area contributed by atoms with Crippen molar-refractivity contribution in [2.45, 2.75) is 65.6 Å². The number of hydrogen-bond donors (Lipinski definition) is 1. The molecule has 1 N–H and O–H groups in total. The summed E-state index contributed by atoms with van der Waals surface area (Å²) in [4.78, 5) is 17.4. The molecule has 1 amide bonds. The number of nitrogens with zero attached hydrogens (tertiary/aromatic N) is 1. The first kappa shape index (κ1) is 20.2. The highest BCUT2D eigenvalue weighted by atomic mass is 16.5. The van der Waals surface area contributed by atoms with Crippen molar-refractivity contribution in [3.63, 3.8) is 0 Å². The van der Waals surface area contributed by atoms with Gasteiger partial charge in [-0.1, -0.05) is 20.3 Å². The van der Waals surface area contributed by atoms with E-state index in [4.69, 9.17) is 9.47 Å². The van der Waals surface area contributed by atoms with Crippen molar-refractivity contribution in [3.05, 3.63) is 30.5 Å². The molecule has 142 valence electrons. The van der Waals surface area contributed by atoms with Gasteiger partial charge in [-0.2, -0.15) is 0 Å². The van der Waals surface area contributed by atoms with Gasteiger partial charge in [-0.05, 0) is 57.9 Å². The van der Waals surface area contributed by atoms with Crippen molar-refractivity contribution in [1.82, 2.24) is 4.98 Å². The van der Waals surface area contributed by atoms with E-state index in [0.717, 1.165) is 29.4 Å². The SMILES string of the molecule is CCCOC(C)(CCC)C(=O)Nc1ccc(OC(C)C)c2ncccc12. The van der Waals surface area contributed by atoms with Crippen LogP contribution >= 0.6 is 0 Å². The van der Waals surface area contributed by atoms with Crippen LogP contribution in [0.1, 0.15) is 53.9 Å². The van der Waals surface area contributed by atoms with Crippen LogP contribution in [-0.4, -0.2) is 29.2 Å². The average Bonchev–Trinajstić information content (AvgIpc) is 2.62. The fourth-order valence-electron chi connectivity index (χ4n) is 2.91. The van der Waals surface area contributed by atoms with Gasteiger partial charge >= 0.3 is 0 Å². The molecule has 26 heavy (non-hydrogen) atoms. The van der Waals surface area contributed by atoms with Crippen LogP contribution < -0.4 is 10.1 Å². The van der Waals surface area contributed by atoms with Gasteiger partial charge in [0.05, 0.1) is 11.8 Å². The van der Waals surface area contributed by atoms with E-state index in [1.165, 1.54) is 0 Å². The zero-order valence-corrected chi connectivity index (χ0v) is 16.5. The number of pyridine rings is 1. The molecule has 1 aromatic heterocycles. The minimum absolute atomic E-state index is 0.0518. The predicted octanol–water partition coefficient (Wildman–Crippen LogP) is 4.95. The molecule has 0 saturated carbocycles. The third kappa shape index (κ3) is 4.73. The maximum Gasteiger partial charge on any atom is 0.256 e. The van der Waals surface area contributed by atoms with Crippen LogP contribution in [0.3, 0.4) is 0 Å². The van der Waals surface area contributed by atoms with Crippen molar-refractivity contribution in [2.24, 2.45) is 0 Å². The average molecular weight is 358 g/mol. The standard InChI is InChI=1S/C21H30N2O3/c1-6-12-21(5,25-14-7-2)20(24)23-17-10-11-18(26-15(3)4)19-16(17)9-8-13-22-19/h8-11,13,15H,6-7,12,14H2,1-5H3,(H,23,24). The molecule has 5 heteroatoms. The van der Waals surface area contributed by atoms with Crippen LogP contribution in [0.2, 0.25) is 0 Å². The number of ether oxygens (including phenoxy) is 2. The van der Waals surface area contributed by atoms with Gasteiger partial charge in [-0.3, -0.25) is 9.78 Å². The summed E-state index contributed by atoms with van der Waals surface area (Å²) in [5.41, 5.74) is 0.620. The van der Waals surface area contributed by atoms with E-state index in [0.29, 0.717) is 18.8 Å². The number of rotatable bonds is 9. The highest BCUT2D eigenvalue weighted by molar-refractivity contribution is 6.05. The Morgan fingerprint density at radius 3 is 2.65 bits per heavy atom. The number of amides is 1. The molecule has 0 fully saturated rings. The summed E-state index contributed by atoms with van der Waals surface area (Å²) < 4.78 is 11.7. The Labute approximate surface area is 156 Å². The lowest BCUT2D eigenvalue weighted by Crippen LogP contribution is -2.43. The third-order valence-corrected chi connectivity index (χ3v) is 4.18. The van der Waals surface area contributed by atoms with Gasteiger partial charge in [0, 0.05) is 18.2 Å². The predicted molar refractivity (Wildman–Crippen MR) is 106 cm³/mol. The number of fused-ring (bicyclic) bond motifs is 1. The minimum Gasteiger partial charge on any atom is -0.489 e. The maximum atomic E-state index is 12.9. The zero-order chi connectivity index (χ0) is 19.2. The van der Waals surface area contributed by atoms with E-state index >= 15 is 0 Å². The summed E-state index contributed by atoms with van der Waals surface area (Å²) in [5, 5.41) is 3.90. The monoisotopic (exact) mass is 358 g/mol. The first-order valence-electron chi connectivity index (χ1n) is 9.41. The molecule has 5 nitrogen and oxygen atoms in total. The molecule has 1 heterocycles. The van der Waals surface area contributed by atoms with E-state index in [2.05, 4.69) is 17.2 Å². The number of aromatic nitrogens is 1. The van der Waals surface area contributed by atoms with Crippen molar-refractivity contribution in [2.75, 3.05) is 11.9 Å². The molecule has 0 spiro atoms. The Bertz CT molecular complexity index is 745. The Hall–Kier alpha value is -2.14. The molecule has 0 aliphatic carbocycles. The number of hydrogen-bond acceptors (Lipinski definition) is 4. The van der Waals surface area contributed by atoms with Gasteiger partial charge in [-0.15, -0.1) is 0 Å². The Balaban J connectivity index is 2.34. The van der Waals surface area contributed by atoms with E-state index in [9.17, 15) is 4.79 Å². The molecule has 1 atom stereocenters. The van der Waals surface area contributed by atoms with E-state index in [-0.39, 0.29) is 12.0 Å². The van der Waals surface area contributed by atoms with Crippen LogP contribution in [0.15, 0.2) is 30.5 Å². The Kier molecular flexibility index (Phi) is 6.98. The molecular formula is C21H30N2O3. The first-order chi connectivity index (χ1) is 12.4. The van der Waals surface area contributed by atoms with Crippen LogP contribution in [0.25, 0.3) is 10.9 Å². The summed E-state index contributed by atoms with van der Waals surface area (Å²) in [6, 6.07) is 7.52. The molecule has 1 aromatic carbocycles. The number of anilines is 1. The molecule has 0 radical (unpaired) electrons. The van der Waals surface area contributed by atoms with Crippen molar-refractivity contribution < 1.29 is 14.3 Å². The third-order valence-electron chi connectivity index (χ3n) is 4.18. The molecule has 0 aliphatic heterocycles. The second kappa shape index (κ2) is 8.99. The van der Waals surface area contributed by atoms with Crippen molar-refractivity contribution in [3.8, 4) is 5.75 Å². The number of carbonyl (C=O) groups is 1. The molecule has 0 bridgehead atoms. The van der Waals surface area contributed by atoms with Crippen LogP contribution in [-0.2, 0) is 9.53 Å². The van der Waals surface area contributed by atoms with E-state index < -0.39 is 5.60 Å². The molecule has 2 aromatic rings. The van der Waals surface area contributed by atoms with Crippen LogP contribution in [0.5, 0.6) is 5.75 Å². The molecular weight excluding hydrogens is 328 g/mol. The molecule has 2 rings (SSSR count). The largest absolute Gasteiger partial charge is 0.489 e. The lowest BCUT2D eigenvalue weighted by Gasteiger charge is -2.28. The van der Waals surface area contributed by atoms with Gasteiger partial charge in [0.15, 0.2) is 0 Å². The van der Waals surface area contributed by atoms with Crippen molar-refractivity contribution in [1.29, 1.82) is 0 Å². The summed E-state index contributed by atoms with van der Waals surface area (Å²) in [6.07, 6.45) is 4.20. The zero-order valence-electron chi connectivity index (χ0n) is 16.5. The quantitative estimate of drug-likeness (QED) is 0.689. The summed E-state index contributed by atoms with van der Waals surface area (Å²) >= 11 is 0. The van der Waals surface area contributed by atoms with Gasteiger partial charge in [0.2, 0.25) is 0 Å². The number of carbonyl (C=O) groups excluding carboxylic acids is 1. The van der Waals surface area contributed by atoms with Gasteiger partial charge in [0.25, 0.3) is 5.91 Å². The van der Waals surface area contributed by atoms with Gasteiger partial charge in [0.1, 0.15) is 16.9 Å². The molecule has 1 unspecified atom stereocenters. The fourth-order valence-corrected chi connectivity index (χ4v) is 2.91. The van der Waals surface area contributed by atoms with E-state index in [1.807, 2.05) is 52.0 Å². The molecule has 0 saturated heterocycles. The highest BCUT2D eigenvalue weighted by Crippen LogP contribution is 2.31. The van der Waals surface area contributed by atoms with Crippen LogP contribution in [0, 0.1) is 0 Å². The molecule has 0 aliphatic rings. The fraction of sp³-hybridized carbons (Fsp3) is 0.524. The second-order valence-electron chi connectivity index (χ2n) is 6.96. The Morgan fingerprint density at radius 2 is 2.00 bits per heavy atom. The number of nitrogens with one attached hydrogen (secondary N) is 1. The van der Waals surface area contributed by atoms with Crippen LogP contribution in [0.4, 0.5) is 5.69 Å². The smallest absolute Gasteiger partial charge is 0.256 e. The summed E-state index contributed by atoms with van der Waals surface area (Å²) in [7, 11) is 0. The summed E-state index contributed by atoms with van der Waals surface area (Å²) in [6.45, 7) is 10.5. The lowest BCUT2D eigenvalue weighted by atomic mass is 9.98. The van der Waals surface area contributed by atoms with Gasteiger partial charge < -0.3 is 14.8 Å². The second-order valence-corrected chi connectivity index (χ2v) is 6.96.